The molecule has 1 aromatic rings. The molecule has 0 N–H and O–H groups in total. The second-order valence-electron chi connectivity index (χ2n) is 4.42. The first kappa shape index (κ1) is 17.4. The van der Waals surface area contributed by atoms with Crippen LogP contribution in [-0.4, -0.2) is 50.8 Å². The molecule has 1 atom stereocenters. The Labute approximate surface area is 133 Å². The zero-order chi connectivity index (χ0) is 15.1. The zero-order valence-electron chi connectivity index (χ0n) is 11.9. The molecule has 0 aliphatic heterocycles. The van der Waals surface area contributed by atoms with Gasteiger partial charge in [0.05, 0.1) is 24.3 Å². The van der Waals surface area contributed by atoms with Gasteiger partial charge in [-0.1, -0.05) is 11.6 Å². The second kappa shape index (κ2) is 8.62. The third kappa shape index (κ3) is 4.74. The van der Waals surface area contributed by atoms with Crippen LogP contribution in [0.15, 0.2) is 22.7 Å². The predicted octanol–water partition coefficient (Wildman–Crippen LogP) is 3.23. The maximum atomic E-state index is 12.6. The molecular formula is C14H19BrClNO3. The van der Waals surface area contributed by atoms with E-state index >= 15 is 0 Å². The van der Waals surface area contributed by atoms with Gasteiger partial charge in [-0.25, -0.2) is 0 Å². The van der Waals surface area contributed by atoms with Crippen molar-refractivity contribution in [1.29, 1.82) is 0 Å². The number of hydrogen-bond acceptors (Lipinski definition) is 3. The molecule has 0 fully saturated rings. The Morgan fingerprint density at radius 3 is 2.65 bits per heavy atom. The lowest BCUT2D eigenvalue weighted by Crippen LogP contribution is -2.43. The first-order chi connectivity index (χ1) is 9.51. The largest absolute Gasteiger partial charge is 0.383 e. The lowest BCUT2D eigenvalue weighted by molar-refractivity contribution is 0.0479. The van der Waals surface area contributed by atoms with Gasteiger partial charge < -0.3 is 14.4 Å². The lowest BCUT2D eigenvalue weighted by atomic mass is 10.1. The summed E-state index contributed by atoms with van der Waals surface area (Å²) in [7, 11) is 3.23. The molecule has 4 nitrogen and oxygen atoms in total. The third-order valence-electron chi connectivity index (χ3n) is 2.90. The van der Waals surface area contributed by atoms with Crippen molar-refractivity contribution in [3.05, 3.63) is 33.3 Å². The van der Waals surface area contributed by atoms with Gasteiger partial charge >= 0.3 is 0 Å². The fraction of sp³-hybridized carbons (Fsp3) is 0.500. The van der Waals surface area contributed by atoms with Crippen molar-refractivity contribution in [3.63, 3.8) is 0 Å². The number of carbonyl (C=O) groups is 1. The predicted molar refractivity (Wildman–Crippen MR) is 83.4 cm³/mol. The number of carbonyl (C=O) groups excluding carboxylic acids is 1. The average Bonchev–Trinajstić information content (AvgIpc) is 2.42. The lowest BCUT2D eigenvalue weighted by Gasteiger charge is -2.28. The van der Waals surface area contributed by atoms with Crippen LogP contribution in [0, 0.1) is 0 Å². The molecule has 0 aromatic heterocycles. The molecule has 0 heterocycles. The van der Waals surface area contributed by atoms with E-state index in [1.165, 1.54) is 0 Å². The van der Waals surface area contributed by atoms with Crippen LogP contribution in [0.3, 0.4) is 0 Å². The van der Waals surface area contributed by atoms with Crippen LogP contribution >= 0.6 is 27.5 Å². The van der Waals surface area contributed by atoms with E-state index in [-0.39, 0.29) is 11.9 Å². The molecule has 1 rings (SSSR count). The smallest absolute Gasteiger partial charge is 0.254 e. The third-order valence-corrected chi connectivity index (χ3v) is 4.14. The molecule has 0 bridgehead atoms. The average molecular weight is 365 g/mol. The summed E-state index contributed by atoms with van der Waals surface area (Å²) in [5.74, 6) is -0.0824. The Bertz CT molecular complexity index is 456. The number of benzene rings is 1. The van der Waals surface area contributed by atoms with Crippen LogP contribution in [0.1, 0.15) is 17.3 Å². The number of hydrogen-bond donors (Lipinski definition) is 0. The Kier molecular flexibility index (Phi) is 7.51. The summed E-state index contributed by atoms with van der Waals surface area (Å²) in [5.41, 5.74) is 0.553. The molecule has 0 spiro atoms. The van der Waals surface area contributed by atoms with Crippen LogP contribution in [0.5, 0.6) is 0 Å². The summed E-state index contributed by atoms with van der Waals surface area (Å²) in [4.78, 5) is 14.3. The minimum Gasteiger partial charge on any atom is -0.383 e. The fourth-order valence-corrected chi connectivity index (χ4v) is 2.27. The highest BCUT2D eigenvalue weighted by Gasteiger charge is 2.21. The normalized spacial score (nSPS) is 12.2. The van der Waals surface area contributed by atoms with Crippen LogP contribution < -0.4 is 0 Å². The monoisotopic (exact) mass is 363 g/mol. The quantitative estimate of drug-likeness (QED) is 0.745. The SMILES string of the molecule is COCCN(C(=O)c1ccc(Br)c(Cl)c1)C(C)COC. The van der Waals surface area contributed by atoms with Gasteiger partial charge in [0.15, 0.2) is 0 Å². The molecular weight excluding hydrogens is 346 g/mol. The Balaban J connectivity index is 2.93. The van der Waals surface area contributed by atoms with Crippen molar-refractivity contribution in [1.82, 2.24) is 4.90 Å². The minimum atomic E-state index is -0.0824. The van der Waals surface area contributed by atoms with Crippen LogP contribution in [0.4, 0.5) is 0 Å². The highest BCUT2D eigenvalue weighted by Crippen LogP contribution is 2.24. The highest BCUT2D eigenvalue weighted by atomic mass is 79.9. The second-order valence-corrected chi connectivity index (χ2v) is 5.69. The van der Waals surface area contributed by atoms with Gasteiger partial charge in [0.1, 0.15) is 0 Å². The molecule has 0 saturated heterocycles. The standard InChI is InChI=1S/C14H19BrClNO3/c1-10(9-20-3)17(6-7-19-2)14(18)11-4-5-12(15)13(16)8-11/h4-5,8,10H,6-7,9H2,1-3H3. The first-order valence-electron chi connectivity index (χ1n) is 6.25. The number of halogens is 2. The molecule has 0 aliphatic rings. The Morgan fingerprint density at radius 2 is 2.10 bits per heavy atom. The van der Waals surface area contributed by atoms with Crippen molar-refractivity contribution in [2.24, 2.45) is 0 Å². The molecule has 1 amide bonds. The van der Waals surface area contributed by atoms with Crippen molar-refractivity contribution in [2.75, 3.05) is 34.0 Å². The van der Waals surface area contributed by atoms with Crippen molar-refractivity contribution in [2.45, 2.75) is 13.0 Å². The van der Waals surface area contributed by atoms with Gasteiger partial charge in [0, 0.05) is 30.8 Å². The van der Waals surface area contributed by atoms with E-state index in [0.29, 0.717) is 30.3 Å². The van der Waals surface area contributed by atoms with E-state index in [0.717, 1.165) is 4.47 Å². The highest BCUT2D eigenvalue weighted by molar-refractivity contribution is 9.10. The van der Waals surface area contributed by atoms with E-state index in [4.69, 9.17) is 21.1 Å². The summed E-state index contributed by atoms with van der Waals surface area (Å²) in [5, 5.41) is 0.516. The first-order valence-corrected chi connectivity index (χ1v) is 7.42. The summed E-state index contributed by atoms with van der Waals surface area (Å²) in [6, 6.07) is 5.14. The molecule has 1 unspecified atom stereocenters. The van der Waals surface area contributed by atoms with E-state index in [9.17, 15) is 4.79 Å². The fourth-order valence-electron chi connectivity index (χ4n) is 1.84. The zero-order valence-corrected chi connectivity index (χ0v) is 14.2. The summed E-state index contributed by atoms with van der Waals surface area (Å²) < 4.78 is 11.0. The van der Waals surface area contributed by atoms with Crippen molar-refractivity contribution < 1.29 is 14.3 Å². The summed E-state index contributed by atoms with van der Waals surface area (Å²) in [6.07, 6.45) is 0. The van der Waals surface area contributed by atoms with Crippen LogP contribution in [-0.2, 0) is 9.47 Å². The molecule has 0 saturated carbocycles. The van der Waals surface area contributed by atoms with Gasteiger partial charge in [0.25, 0.3) is 5.91 Å². The number of ether oxygens (including phenoxy) is 2. The molecule has 0 radical (unpaired) electrons. The van der Waals surface area contributed by atoms with E-state index in [1.54, 1.807) is 37.3 Å². The van der Waals surface area contributed by atoms with Crippen molar-refractivity contribution >= 4 is 33.4 Å². The summed E-state index contributed by atoms with van der Waals surface area (Å²) in [6.45, 7) is 3.40. The van der Waals surface area contributed by atoms with E-state index in [2.05, 4.69) is 15.9 Å². The summed E-state index contributed by atoms with van der Waals surface area (Å²) >= 11 is 9.36. The van der Waals surface area contributed by atoms with Gasteiger partial charge in [-0.15, -0.1) is 0 Å². The molecule has 112 valence electrons. The maximum Gasteiger partial charge on any atom is 0.254 e. The van der Waals surface area contributed by atoms with Gasteiger partial charge in [-0.05, 0) is 41.1 Å². The molecule has 0 aliphatic carbocycles. The van der Waals surface area contributed by atoms with E-state index in [1.807, 2.05) is 6.92 Å². The van der Waals surface area contributed by atoms with Crippen LogP contribution in [0.25, 0.3) is 0 Å². The number of amides is 1. The number of rotatable bonds is 7. The minimum absolute atomic E-state index is 0.0370. The van der Waals surface area contributed by atoms with Crippen LogP contribution in [0.2, 0.25) is 5.02 Å². The van der Waals surface area contributed by atoms with Crippen molar-refractivity contribution in [3.8, 4) is 0 Å². The molecule has 1 aromatic carbocycles. The maximum absolute atomic E-state index is 12.6. The van der Waals surface area contributed by atoms with E-state index < -0.39 is 0 Å². The Hall–Kier alpha value is -0.620. The molecule has 6 heteroatoms. The number of methoxy groups -OCH3 is 2. The van der Waals surface area contributed by atoms with Gasteiger partial charge in [0.2, 0.25) is 0 Å². The molecule has 20 heavy (non-hydrogen) atoms. The van der Waals surface area contributed by atoms with Gasteiger partial charge in [-0.2, -0.15) is 0 Å². The Morgan fingerprint density at radius 1 is 1.40 bits per heavy atom. The topological polar surface area (TPSA) is 38.8 Å². The van der Waals surface area contributed by atoms with Gasteiger partial charge in [-0.3, -0.25) is 4.79 Å². The number of nitrogens with zero attached hydrogens (tertiary/aromatic N) is 1.